The SMILES string of the molecule is Cc1cc(F)ccc1C(N)C1CCCc2cccnc21. The molecule has 1 aliphatic carbocycles. The molecule has 0 bridgehead atoms. The number of fused-ring (bicyclic) bond motifs is 1. The van der Waals surface area contributed by atoms with E-state index in [2.05, 4.69) is 11.1 Å². The second-order valence-electron chi connectivity index (χ2n) is 5.57. The van der Waals surface area contributed by atoms with Crippen LogP contribution in [0, 0.1) is 12.7 Å². The fourth-order valence-electron chi connectivity index (χ4n) is 3.22. The minimum Gasteiger partial charge on any atom is -0.323 e. The van der Waals surface area contributed by atoms with Gasteiger partial charge in [0.15, 0.2) is 0 Å². The summed E-state index contributed by atoms with van der Waals surface area (Å²) in [6, 6.07) is 8.85. The highest BCUT2D eigenvalue weighted by Crippen LogP contribution is 2.38. The summed E-state index contributed by atoms with van der Waals surface area (Å²) in [5.41, 5.74) is 10.8. The maximum Gasteiger partial charge on any atom is 0.123 e. The van der Waals surface area contributed by atoms with Crippen molar-refractivity contribution in [1.82, 2.24) is 4.98 Å². The Morgan fingerprint density at radius 2 is 2.20 bits per heavy atom. The van der Waals surface area contributed by atoms with Crippen LogP contribution in [0.1, 0.15) is 47.2 Å². The van der Waals surface area contributed by atoms with Crippen LogP contribution in [-0.2, 0) is 6.42 Å². The van der Waals surface area contributed by atoms with Crippen LogP contribution in [0.3, 0.4) is 0 Å². The molecule has 1 aromatic heterocycles. The number of benzene rings is 1. The number of nitrogens with zero attached hydrogens (tertiary/aromatic N) is 1. The van der Waals surface area contributed by atoms with Crippen LogP contribution in [0.5, 0.6) is 0 Å². The molecule has 104 valence electrons. The van der Waals surface area contributed by atoms with Crippen molar-refractivity contribution in [2.75, 3.05) is 0 Å². The van der Waals surface area contributed by atoms with Gasteiger partial charge in [-0.15, -0.1) is 0 Å². The van der Waals surface area contributed by atoms with Gasteiger partial charge in [-0.3, -0.25) is 4.98 Å². The minimum absolute atomic E-state index is 0.121. The van der Waals surface area contributed by atoms with Gasteiger partial charge in [0, 0.05) is 23.9 Å². The van der Waals surface area contributed by atoms with Crippen molar-refractivity contribution in [2.24, 2.45) is 5.73 Å². The van der Waals surface area contributed by atoms with E-state index in [1.807, 2.05) is 25.3 Å². The molecular formula is C17H19FN2. The number of hydrogen-bond acceptors (Lipinski definition) is 2. The number of halogens is 1. The highest BCUT2D eigenvalue weighted by Gasteiger charge is 2.28. The summed E-state index contributed by atoms with van der Waals surface area (Å²) in [6.07, 6.45) is 5.09. The van der Waals surface area contributed by atoms with Crippen LogP contribution in [0.2, 0.25) is 0 Å². The summed E-state index contributed by atoms with van der Waals surface area (Å²) in [6.45, 7) is 1.92. The van der Waals surface area contributed by atoms with Crippen LogP contribution < -0.4 is 5.73 Å². The number of hydrogen-bond donors (Lipinski definition) is 1. The van der Waals surface area contributed by atoms with E-state index in [1.165, 1.54) is 11.6 Å². The quantitative estimate of drug-likeness (QED) is 0.904. The Morgan fingerprint density at radius 3 is 3.00 bits per heavy atom. The zero-order chi connectivity index (χ0) is 14.1. The van der Waals surface area contributed by atoms with Crippen LogP contribution in [0.25, 0.3) is 0 Å². The Kier molecular flexibility index (Phi) is 3.53. The first-order chi connectivity index (χ1) is 9.66. The largest absolute Gasteiger partial charge is 0.323 e. The Bertz CT molecular complexity index is 624. The van der Waals surface area contributed by atoms with Gasteiger partial charge < -0.3 is 5.73 Å². The van der Waals surface area contributed by atoms with Crippen molar-refractivity contribution in [3.05, 3.63) is 64.7 Å². The average Bonchev–Trinajstić information content (AvgIpc) is 2.46. The van der Waals surface area contributed by atoms with Crippen molar-refractivity contribution in [2.45, 2.75) is 38.1 Å². The molecule has 0 radical (unpaired) electrons. The molecule has 2 nitrogen and oxygen atoms in total. The normalized spacial score (nSPS) is 19.4. The van der Waals surface area contributed by atoms with Crippen molar-refractivity contribution in [3.8, 4) is 0 Å². The van der Waals surface area contributed by atoms with Crippen LogP contribution in [-0.4, -0.2) is 4.98 Å². The molecule has 0 amide bonds. The number of nitrogens with two attached hydrogens (primary N) is 1. The number of rotatable bonds is 2. The van der Waals surface area contributed by atoms with Gasteiger partial charge >= 0.3 is 0 Å². The standard InChI is InChI=1S/C17H19FN2/c1-11-10-13(18)7-8-14(11)16(19)15-6-2-4-12-5-3-9-20-17(12)15/h3,5,7-10,15-16H,2,4,6,19H2,1H3. The van der Waals surface area contributed by atoms with Gasteiger partial charge in [0.05, 0.1) is 0 Å². The minimum atomic E-state index is -0.208. The van der Waals surface area contributed by atoms with Crippen LogP contribution in [0.4, 0.5) is 4.39 Å². The summed E-state index contributed by atoms with van der Waals surface area (Å²) >= 11 is 0. The Hall–Kier alpha value is -1.74. The lowest BCUT2D eigenvalue weighted by molar-refractivity contribution is 0.461. The van der Waals surface area contributed by atoms with Crippen molar-refractivity contribution in [3.63, 3.8) is 0 Å². The predicted octanol–water partition coefficient (Wildman–Crippen LogP) is 3.65. The second-order valence-corrected chi connectivity index (χ2v) is 5.57. The molecule has 1 heterocycles. The Labute approximate surface area is 118 Å². The number of pyridine rings is 1. The molecule has 1 aliphatic rings. The first-order valence-corrected chi connectivity index (χ1v) is 7.12. The molecule has 3 heteroatoms. The van der Waals surface area contributed by atoms with E-state index in [1.54, 1.807) is 6.07 Å². The molecule has 2 unspecified atom stereocenters. The van der Waals surface area contributed by atoms with Gasteiger partial charge in [-0.2, -0.15) is 0 Å². The topological polar surface area (TPSA) is 38.9 Å². The molecule has 0 spiro atoms. The molecule has 1 aromatic carbocycles. The van der Waals surface area contributed by atoms with Crippen LogP contribution >= 0.6 is 0 Å². The molecule has 2 atom stereocenters. The maximum atomic E-state index is 13.2. The van der Waals surface area contributed by atoms with Crippen LogP contribution in [0.15, 0.2) is 36.5 Å². The zero-order valence-corrected chi connectivity index (χ0v) is 11.6. The Balaban J connectivity index is 1.97. The van der Waals surface area contributed by atoms with Gasteiger partial charge in [0.2, 0.25) is 0 Å². The zero-order valence-electron chi connectivity index (χ0n) is 11.6. The molecule has 20 heavy (non-hydrogen) atoms. The van der Waals surface area contributed by atoms with Gasteiger partial charge in [-0.25, -0.2) is 4.39 Å². The summed E-state index contributed by atoms with van der Waals surface area (Å²) in [7, 11) is 0. The van der Waals surface area contributed by atoms with E-state index >= 15 is 0 Å². The van der Waals surface area contributed by atoms with E-state index in [-0.39, 0.29) is 17.8 Å². The summed E-state index contributed by atoms with van der Waals surface area (Å²) in [5.74, 6) is 0.0183. The van der Waals surface area contributed by atoms with E-state index in [0.29, 0.717) is 0 Å². The van der Waals surface area contributed by atoms with Crippen molar-refractivity contribution in [1.29, 1.82) is 0 Å². The third-order valence-corrected chi connectivity index (χ3v) is 4.26. The van der Waals surface area contributed by atoms with Gasteiger partial charge in [0.1, 0.15) is 5.82 Å². The molecule has 0 fully saturated rings. The molecule has 2 N–H and O–H groups in total. The fourth-order valence-corrected chi connectivity index (χ4v) is 3.22. The van der Waals surface area contributed by atoms with E-state index in [9.17, 15) is 4.39 Å². The maximum absolute atomic E-state index is 13.2. The lowest BCUT2D eigenvalue weighted by Crippen LogP contribution is -2.25. The molecule has 0 saturated heterocycles. The number of aromatic nitrogens is 1. The third-order valence-electron chi connectivity index (χ3n) is 4.26. The summed E-state index contributed by atoms with van der Waals surface area (Å²) in [5, 5.41) is 0. The van der Waals surface area contributed by atoms with Gasteiger partial charge in [-0.05, 0) is 61.1 Å². The van der Waals surface area contributed by atoms with E-state index in [0.717, 1.165) is 36.1 Å². The monoisotopic (exact) mass is 270 g/mol. The smallest absolute Gasteiger partial charge is 0.123 e. The summed E-state index contributed by atoms with van der Waals surface area (Å²) < 4.78 is 13.2. The highest BCUT2D eigenvalue weighted by molar-refractivity contribution is 5.35. The van der Waals surface area contributed by atoms with Gasteiger partial charge in [-0.1, -0.05) is 12.1 Å². The number of aryl methyl sites for hydroxylation is 2. The molecular weight excluding hydrogens is 251 g/mol. The lowest BCUT2D eigenvalue weighted by Gasteiger charge is -2.30. The first-order valence-electron chi connectivity index (χ1n) is 7.12. The van der Waals surface area contributed by atoms with Crippen molar-refractivity contribution >= 4 is 0 Å². The van der Waals surface area contributed by atoms with Crippen molar-refractivity contribution < 1.29 is 4.39 Å². The average molecular weight is 270 g/mol. The molecule has 0 saturated carbocycles. The molecule has 0 aliphatic heterocycles. The fraction of sp³-hybridized carbons (Fsp3) is 0.353. The van der Waals surface area contributed by atoms with E-state index < -0.39 is 0 Å². The van der Waals surface area contributed by atoms with E-state index in [4.69, 9.17) is 5.73 Å². The molecule has 3 rings (SSSR count). The second kappa shape index (κ2) is 5.33. The first kappa shape index (κ1) is 13.3. The lowest BCUT2D eigenvalue weighted by atomic mass is 9.79. The molecule has 2 aromatic rings. The van der Waals surface area contributed by atoms with Gasteiger partial charge in [0.25, 0.3) is 0 Å². The third kappa shape index (κ3) is 2.34. The predicted molar refractivity (Wildman–Crippen MR) is 78.0 cm³/mol. The highest BCUT2D eigenvalue weighted by atomic mass is 19.1. The Morgan fingerprint density at radius 1 is 1.35 bits per heavy atom. The summed E-state index contributed by atoms with van der Waals surface area (Å²) in [4.78, 5) is 4.54.